The summed E-state index contributed by atoms with van der Waals surface area (Å²) >= 11 is 0. The molecule has 0 saturated heterocycles. The third kappa shape index (κ3) is 3.35. The first kappa shape index (κ1) is 14.1. The number of hydrogen-bond donors (Lipinski definition) is 1. The minimum Gasteiger partial charge on any atom is -0.341 e. The highest BCUT2D eigenvalue weighted by Crippen LogP contribution is 2.21. The molecule has 104 valence electrons. The van der Waals surface area contributed by atoms with Crippen LogP contribution in [0.4, 0.5) is 0 Å². The Bertz CT molecular complexity index is 474. The van der Waals surface area contributed by atoms with Gasteiger partial charge in [-0.15, -0.1) is 0 Å². The predicted octanol–water partition coefficient (Wildman–Crippen LogP) is 2.45. The minimum absolute atomic E-state index is 0.126. The second kappa shape index (κ2) is 5.33. The van der Waals surface area contributed by atoms with Crippen molar-refractivity contribution in [2.45, 2.75) is 33.7 Å². The van der Waals surface area contributed by atoms with Gasteiger partial charge in [0.15, 0.2) is 0 Å². The zero-order valence-corrected chi connectivity index (χ0v) is 12.4. The lowest BCUT2D eigenvalue weighted by molar-refractivity contribution is 0.0744. The summed E-state index contributed by atoms with van der Waals surface area (Å²) in [6.07, 6.45) is 0.945. The molecule has 2 rings (SSSR count). The first-order valence-corrected chi connectivity index (χ1v) is 6.95. The Hall–Kier alpha value is -1.35. The summed E-state index contributed by atoms with van der Waals surface area (Å²) in [7, 11) is 1.90. The molecule has 3 nitrogen and oxygen atoms in total. The molecule has 1 aliphatic heterocycles. The Morgan fingerprint density at radius 2 is 2.11 bits per heavy atom. The molecular weight excluding hydrogens is 236 g/mol. The normalized spacial score (nSPS) is 14.9. The van der Waals surface area contributed by atoms with Gasteiger partial charge >= 0.3 is 0 Å². The fourth-order valence-corrected chi connectivity index (χ4v) is 2.72. The van der Waals surface area contributed by atoms with Crippen LogP contribution in [0, 0.1) is 5.41 Å². The molecule has 0 aromatic heterocycles. The Kier molecular flexibility index (Phi) is 3.95. The van der Waals surface area contributed by atoms with Crippen LogP contribution in [0.15, 0.2) is 18.2 Å². The number of carbonyl (C=O) groups excluding carboxylic acids is 1. The molecule has 1 aromatic carbocycles. The monoisotopic (exact) mass is 260 g/mol. The highest BCUT2D eigenvalue weighted by Gasteiger charge is 2.22. The first-order valence-electron chi connectivity index (χ1n) is 6.95. The van der Waals surface area contributed by atoms with Gasteiger partial charge in [0.25, 0.3) is 5.91 Å². The maximum absolute atomic E-state index is 12.6. The highest BCUT2D eigenvalue weighted by molar-refractivity contribution is 5.96. The van der Waals surface area contributed by atoms with Crippen molar-refractivity contribution in [2.24, 2.45) is 5.41 Å². The van der Waals surface area contributed by atoms with Crippen molar-refractivity contribution in [1.82, 2.24) is 10.2 Å². The van der Waals surface area contributed by atoms with E-state index >= 15 is 0 Å². The number of carbonyl (C=O) groups is 1. The zero-order valence-electron chi connectivity index (χ0n) is 12.4. The molecular formula is C16H24N2O. The summed E-state index contributed by atoms with van der Waals surface area (Å²) < 4.78 is 0. The number of rotatable bonds is 2. The van der Waals surface area contributed by atoms with E-state index < -0.39 is 0 Å². The van der Waals surface area contributed by atoms with Gasteiger partial charge in [0.2, 0.25) is 0 Å². The lowest BCUT2D eigenvalue weighted by Crippen LogP contribution is -2.36. The lowest BCUT2D eigenvalue weighted by Gasteiger charge is -2.28. The topological polar surface area (TPSA) is 32.3 Å². The minimum atomic E-state index is 0.126. The van der Waals surface area contributed by atoms with Gasteiger partial charge in [-0.1, -0.05) is 32.9 Å². The Morgan fingerprint density at radius 3 is 2.79 bits per heavy atom. The van der Waals surface area contributed by atoms with Crippen LogP contribution in [-0.4, -0.2) is 30.9 Å². The fraction of sp³-hybridized carbons (Fsp3) is 0.562. The molecule has 0 bridgehead atoms. The van der Waals surface area contributed by atoms with E-state index in [1.807, 2.05) is 24.1 Å². The lowest BCUT2D eigenvalue weighted by atomic mass is 9.93. The average Bonchev–Trinajstić information content (AvgIpc) is 2.35. The summed E-state index contributed by atoms with van der Waals surface area (Å²) in [6, 6.07) is 6.07. The summed E-state index contributed by atoms with van der Waals surface area (Å²) in [5.74, 6) is 0.147. The predicted molar refractivity (Wildman–Crippen MR) is 78.3 cm³/mol. The molecule has 0 radical (unpaired) electrons. The van der Waals surface area contributed by atoms with E-state index in [4.69, 9.17) is 0 Å². The molecule has 0 saturated carbocycles. The standard InChI is InChI=1S/C16H24N2O/c1-16(2,3)11-18(4)15(19)14-7-5-6-12-10-17-9-8-13(12)14/h5-7,17H,8-11H2,1-4H3. The van der Waals surface area contributed by atoms with Crippen molar-refractivity contribution in [3.8, 4) is 0 Å². The fourth-order valence-electron chi connectivity index (χ4n) is 2.72. The molecule has 0 atom stereocenters. The SMILES string of the molecule is CN(CC(C)(C)C)C(=O)c1cccc2c1CCNC2. The zero-order chi connectivity index (χ0) is 14.0. The summed E-state index contributed by atoms with van der Waals surface area (Å²) in [6.45, 7) is 9.07. The van der Waals surface area contributed by atoms with Crippen molar-refractivity contribution in [3.63, 3.8) is 0 Å². The van der Waals surface area contributed by atoms with E-state index in [0.29, 0.717) is 0 Å². The van der Waals surface area contributed by atoms with Gasteiger partial charge in [0, 0.05) is 25.7 Å². The maximum atomic E-state index is 12.6. The molecule has 0 spiro atoms. The van der Waals surface area contributed by atoms with E-state index in [2.05, 4.69) is 32.2 Å². The Morgan fingerprint density at radius 1 is 1.37 bits per heavy atom. The third-order valence-corrected chi connectivity index (χ3v) is 3.43. The molecule has 0 fully saturated rings. The van der Waals surface area contributed by atoms with Crippen molar-refractivity contribution >= 4 is 5.91 Å². The Labute approximate surface area is 116 Å². The van der Waals surface area contributed by atoms with Gasteiger partial charge in [-0.2, -0.15) is 0 Å². The molecule has 3 heteroatoms. The van der Waals surface area contributed by atoms with Crippen LogP contribution >= 0.6 is 0 Å². The summed E-state index contributed by atoms with van der Waals surface area (Å²) in [5.41, 5.74) is 3.50. The second-order valence-corrected chi connectivity index (χ2v) is 6.59. The Balaban J connectivity index is 2.24. The number of benzene rings is 1. The van der Waals surface area contributed by atoms with Crippen LogP contribution in [0.3, 0.4) is 0 Å². The van der Waals surface area contributed by atoms with Crippen LogP contribution in [0.2, 0.25) is 0 Å². The van der Waals surface area contributed by atoms with Crippen LogP contribution < -0.4 is 5.32 Å². The van der Waals surface area contributed by atoms with Crippen LogP contribution in [-0.2, 0) is 13.0 Å². The molecule has 1 aliphatic rings. The van der Waals surface area contributed by atoms with Gasteiger partial charge in [0.1, 0.15) is 0 Å². The number of hydrogen-bond acceptors (Lipinski definition) is 2. The van der Waals surface area contributed by atoms with Gasteiger partial charge in [-0.3, -0.25) is 4.79 Å². The van der Waals surface area contributed by atoms with Gasteiger partial charge < -0.3 is 10.2 Å². The molecule has 1 aromatic rings. The van der Waals surface area contributed by atoms with Crippen molar-refractivity contribution < 1.29 is 4.79 Å². The van der Waals surface area contributed by atoms with Crippen LogP contribution in [0.5, 0.6) is 0 Å². The number of nitrogens with zero attached hydrogens (tertiary/aromatic N) is 1. The molecule has 1 N–H and O–H groups in total. The largest absolute Gasteiger partial charge is 0.341 e. The molecule has 1 amide bonds. The molecule has 0 unspecified atom stereocenters. The summed E-state index contributed by atoms with van der Waals surface area (Å²) in [4.78, 5) is 14.4. The quantitative estimate of drug-likeness (QED) is 0.886. The van der Waals surface area contributed by atoms with Crippen LogP contribution in [0.25, 0.3) is 0 Å². The number of amides is 1. The smallest absolute Gasteiger partial charge is 0.253 e. The van der Waals surface area contributed by atoms with Crippen molar-refractivity contribution in [1.29, 1.82) is 0 Å². The maximum Gasteiger partial charge on any atom is 0.253 e. The molecule has 0 aliphatic carbocycles. The van der Waals surface area contributed by atoms with Crippen LogP contribution in [0.1, 0.15) is 42.3 Å². The number of nitrogens with one attached hydrogen (secondary N) is 1. The number of fused-ring (bicyclic) bond motifs is 1. The van der Waals surface area contributed by atoms with E-state index in [0.717, 1.165) is 31.6 Å². The first-order chi connectivity index (χ1) is 8.88. The summed E-state index contributed by atoms with van der Waals surface area (Å²) in [5, 5.41) is 3.35. The van der Waals surface area contributed by atoms with Gasteiger partial charge in [-0.05, 0) is 35.6 Å². The van der Waals surface area contributed by atoms with Gasteiger partial charge in [0.05, 0.1) is 0 Å². The third-order valence-electron chi connectivity index (χ3n) is 3.43. The van der Waals surface area contributed by atoms with Crippen molar-refractivity contribution in [2.75, 3.05) is 20.1 Å². The van der Waals surface area contributed by atoms with Gasteiger partial charge in [-0.25, -0.2) is 0 Å². The van der Waals surface area contributed by atoms with E-state index in [1.165, 1.54) is 11.1 Å². The second-order valence-electron chi connectivity index (χ2n) is 6.59. The average molecular weight is 260 g/mol. The molecule has 19 heavy (non-hydrogen) atoms. The molecule has 1 heterocycles. The van der Waals surface area contributed by atoms with E-state index in [-0.39, 0.29) is 11.3 Å². The highest BCUT2D eigenvalue weighted by atomic mass is 16.2. The van der Waals surface area contributed by atoms with E-state index in [9.17, 15) is 4.79 Å². The van der Waals surface area contributed by atoms with Crippen molar-refractivity contribution in [3.05, 3.63) is 34.9 Å². The van der Waals surface area contributed by atoms with E-state index in [1.54, 1.807) is 0 Å².